The molecule has 0 aromatic rings. The van der Waals surface area contributed by atoms with Gasteiger partial charge in [-0.2, -0.15) is 0 Å². The summed E-state index contributed by atoms with van der Waals surface area (Å²) in [7, 11) is 2.10. The average Bonchev–Trinajstić information content (AvgIpc) is 2.38. The number of ketones is 1. The Labute approximate surface area is 115 Å². The van der Waals surface area contributed by atoms with Crippen LogP contribution in [0.3, 0.4) is 0 Å². The van der Waals surface area contributed by atoms with Crippen LogP contribution in [-0.2, 0) is 9.59 Å². The maximum Gasteiger partial charge on any atom is 0.225 e. The van der Waals surface area contributed by atoms with E-state index in [1.165, 1.54) is 6.42 Å². The Morgan fingerprint density at radius 2 is 1.63 bits per heavy atom. The molecule has 3 rings (SSSR count). The maximum atomic E-state index is 12.6. The Bertz CT molecular complexity index is 358. The van der Waals surface area contributed by atoms with E-state index in [4.69, 9.17) is 0 Å². The lowest BCUT2D eigenvalue weighted by Crippen LogP contribution is -2.51. The molecule has 19 heavy (non-hydrogen) atoms. The van der Waals surface area contributed by atoms with Crippen LogP contribution in [0.4, 0.5) is 0 Å². The Hall–Kier alpha value is -0.900. The molecule has 3 aliphatic rings. The van der Waals surface area contributed by atoms with Crippen molar-refractivity contribution in [3.8, 4) is 0 Å². The van der Waals surface area contributed by atoms with Gasteiger partial charge >= 0.3 is 0 Å². The van der Waals surface area contributed by atoms with Crippen LogP contribution in [0.1, 0.15) is 32.1 Å². The summed E-state index contributed by atoms with van der Waals surface area (Å²) in [5, 5.41) is 0. The topological polar surface area (TPSA) is 40.6 Å². The van der Waals surface area contributed by atoms with Gasteiger partial charge in [0, 0.05) is 43.9 Å². The van der Waals surface area contributed by atoms with E-state index in [1.54, 1.807) is 0 Å². The van der Waals surface area contributed by atoms with E-state index < -0.39 is 0 Å². The summed E-state index contributed by atoms with van der Waals surface area (Å²) in [6.07, 6.45) is 4.85. The Morgan fingerprint density at radius 1 is 1.05 bits per heavy atom. The highest BCUT2D eigenvalue weighted by Crippen LogP contribution is 2.40. The third-order valence-electron chi connectivity index (χ3n) is 5.21. The molecule has 0 aromatic heterocycles. The first-order chi connectivity index (χ1) is 9.15. The molecule has 106 valence electrons. The van der Waals surface area contributed by atoms with Gasteiger partial charge in [0.25, 0.3) is 0 Å². The highest BCUT2D eigenvalue weighted by Gasteiger charge is 2.42. The first-order valence-corrected chi connectivity index (χ1v) is 7.66. The highest BCUT2D eigenvalue weighted by atomic mass is 16.2. The van der Waals surface area contributed by atoms with E-state index in [2.05, 4.69) is 11.9 Å². The van der Waals surface area contributed by atoms with Crippen molar-refractivity contribution in [1.82, 2.24) is 9.80 Å². The lowest BCUT2D eigenvalue weighted by Gasteiger charge is -2.40. The number of hydrogen-bond donors (Lipinski definition) is 0. The van der Waals surface area contributed by atoms with Gasteiger partial charge < -0.3 is 9.80 Å². The SMILES string of the molecule is CN1CCN(C(=O)C2CC3CCCC(C2)C3=O)CC1. The molecule has 0 aromatic carbocycles. The molecule has 0 N–H and O–H groups in total. The van der Waals surface area contributed by atoms with Gasteiger partial charge in [0.15, 0.2) is 0 Å². The second-order valence-electron chi connectivity index (χ2n) is 6.52. The summed E-state index contributed by atoms with van der Waals surface area (Å²) < 4.78 is 0. The zero-order chi connectivity index (χ0) is 13.4. The smallest absolute Gasteiger partial charge is 0.225 e. The van der Waals surface area contributed by atoms with Crippen LogP contribution < -0.4 is 0 Å². The molecule has 1 heterocycles. The number of rotatable bonds is 1. The van der Waals surface area contributed by atoms with Crippen molar-refractivity contribution in [2.24, 2.45) is 17.8 Å². The Morgan fingerprint density at radius 3 is 2.21 bits per heavy atom. The van der Waals surface area contributed by atoms with Gasteiger partial charge in [0.05, 0.1) is 0 Å². The van der Waals surface area contributed by atoms with Crippen molar-refractivity contribution >= 4 is 11.7 Å². The Balaban J connectivity index is 1.63. The van der Waals surface area contributed by atoms with Gasteiger partial charge in [-0.25, -0.2) is 0 Å². The third kappa shape index (κ3) is 2.55. The summed E-state index contributed by atoms with van der Waals surface area (Å²) >= 11 is 0. The molecule has 1 aliphatic heterocycles. The molecular weight excluding hydrogens is 240 g/mol. The average molecular weight is 264 g/mol. The largest absolute Gasteiger partial charge is 0.340 e. The molecule has 2 saturated carbocycles. The van der Waals surface area contributed by atoms with Crippen molar-refractivity contribution in [3.05, 3.63) is 0 Å². The van der Waals surface area contributed by atoms with Crippen LogP contribution in [0, 0.1) is 17.8 Å². The number of Topliss-reactive ketones (excluding diaryl/α,β-unsaturated/α-hetero) is 1. The van der Waals surface area contributed by atoms with E-state index in [9.17, 15) is 9.59 Å². The minimum atomic E-state index is 0.122. The molecule has 1 saturated heterocycles. The van der Waals surface area contributed by atoms with E-state index in [0.717, 1.165) is 51.9 Å². The predicted molar refractivity (Wildman–Crippen MR) is 72.6 cm³/mol. The first kappa shape index (κ1) is 13.1. The van der Waals surface area contributed by atoms with E-state index in [1.807, 2.05) is 4.90 Å². The van der Waals surface area contributed by atoms with Crippen LogP contribution in [0.5, 0.6) is 0 Å². The van der Waals surface area contributed by atoms with Crippen LogP contribution in [0.15, 0.2) is 0 Å². The molecule has 2 aliphatic carbocycles. The highest BCUT2D eigenvalue weighted by molar-refractivity contribution is 5.88. The zero-order valence-electron chi connectivity index (χ0n) is 11.8. The quantitative estimate of drug-likeness (QED) is 0.713. The van der Waals surface area contributed by atoms with Crippen LogP contribution in [0.25, 0.3) is 0 Å². The number of amides is 1. The van der Waals surface area contributed by atoms with Gasteiger partial charge in [0.2, 0.25) is 5.91 Å². The van der Waals surface area contributed by atoms with Gasteiger partial charge in [-0.05, 0) is 32.7 Å². The third-order valence-corrected chi connectivity index (χ3v) is 5.21. The number of carbonyl (C=O) groups is 2. The summed E-state index contributed by atoms with van der Waals surface area (Å²) in [4.78, 5) is 28.9. The Kier molecular flexibility index (Phi) is 3.61. The minimum absolute atomic E-state index is 0.122. The van der Waals surface area contributed by atoms with Crippen molar-refractivity contribution in [1.29, 1.82) is 0 Å². The van der Waals surface area contributed by atoms with Crippen LogP contribution in [0.2, 0.25) is 0 Å². The molecule has 4 nitrogen and oxygen atoms in total. The maximum absolute atomic E-state index is 12.6. The van der Waals surface area contributed by atoms with E-state index in [-0.39, 0.29) is 17.8 Å². The van der Waals surface area contributed by atoms with Gasteiger partial charge in [-0.15, -0.1) is 0 Å². The number of likely N-dealkylation sites (N-methyl/N-ethyl adjacent to an activating group) is 1. The summed E-state index contributed by atoms with van der Waals surface area (Å²) in [5.74, 6) is 1.27. The number of carbonyl (C=O) groups excluding carboxylic acids is 2. The zero-order valence-corrected chi connectivity index (χ0v) is 11.8. The fourth-order valence-corrected chi connectivity index (χ4v) is 3.97. The second kappa shape index (κ2) is 5.23. The van der Waals surface area contributed by atoms with Gasteiger partial charge in [-0.1, -0.05) is 6.42 Å². The molecule has 0 spiro atoms. The van der Waals surface area contributed by atoms with Crippen molar-refractivity contribution < 1.29 is 9.59 Å². The first-order valence-electron chi connectivity index (χ1n) is 7.66. The number of hydrogen-bond acceptors (Lipinski definition) is 3. The predicted octanol–water partition coefficient (Wildman–Crippen LogP) is 1.16. The van der Waals surface area contributed by atoms with E-state index >= 15 is 0 Å². The standard InChI is InChI=1S/C15H24N2O2/c1-16-5-7-17(8-6-16)15(19)13-9-11-3-2-4-12(10-13)14(11)18/h11-13H,2-10H2,1H3. The fraction of sp³-hybridized carbons (Fsp3) is 0.867. The summed E-state index contributed by atoms with van der Waals surface area (Å²) in [5.41, 5.74) is 0. The lowest BCUT2D eigenvalue weighted by molar-refractivity contribution is -0.144. The van der Waals surface area contributed by atoms with Crippen LogP contribution >= 0.6 is 0 Å². The number of fused-ring (bicyclic) bond motifs is 2. The molecule has 3 fully saturated rings. The fourth-order valence-electron chi connectivity index (χ4n) is 3.97. The molecule has 2 bridgehead atoms. The van der Waals surface area contributed by atoms with E-state index in [0.29, 0.717) is 11.7 Å². The number of nitrogens with zero attached hydrogens (tertiary/aromatic N) is 2. The van der Waals surface area contributed by atoms with Crippen molar-refractivity contribution in [2.75, 3.05) is 33.2 Å². The van der Waals surface area contributed by atoms with Crippen molar-refractivity contribution in [2.45, 2.75) is 32.1 Å². The molecule has 1 amide bonds. The summed E-state index contributed by atoms with van der Waals surface area (Å²) in [6.45, 7) is 3.67. The number of piperazine rings is 1. The molecule has 2 atom stereocenters. The molecular formula is C15H24N2O2. The molecule has 2 unspecified atom stereocenters. The normalized spacial score (nSPS) is 36.4. The minimum Gasteiger partial charge on any atom is -0.340 e. The second-order valence-corrected chi connectivity index (χ2v) is 6.52. The monoisotopic (exact) mass is 264 g/mol. The van der Waals surface area contributed by atoms with Crippen molar-refractivity contribution in [3.63, 3.8) is 0 Å². The van der Waals surface area contributed by atoms with Gasteiger partial charge in [-0.3, -0.25) is 9.59 Å². The lowest BCUT2D eigenvalue weighted by atomic mass is 9.67. The van der Waals surface area contributed by atoms with Gasteiger partial charge in [0.1, 0.15) is 5.78 Å². The molecule has 4 heteroatoms. The van der Waals surface area contributed by atoms with Crippen LogP contribution in [-0.4, -0.2) is 54.7 Å². The molecule has 0 radical (unpaired) electrons. The summed E-state index contributed by atoms with van der Waals surface area (Å²) in [6, 6.07) is 0.